The van der Waals surface area contributed by atoms with Gasteiger partial charge in [0.25, 0.3) is 0 Å². The van der Waals surface area contributed by atoms with Crippen LogP contribution < -0.4 is 0 Å². The number of benzene rings is 1. The van der Waals surface area contributed by atoms with Gasteiger partial charge in [-0.1, -0.05) is 25.1 Å². The molecule has 0 unspecified atom stereocenters. The lowest BCUT2D eigenvalue weighted by atomic mass is 10.00. The third-order valence-electron chi connectivity index (χ3n) is 4.11. The van der Waals surface area contributed by atoms with Crippen LogP contribution in [0.3, 0.4) is 0 Å². The van der Waals surface area contributed by atoms with Gasteiger partial charge >= 0.3 is 0 Å². The molecule has 0 radical (unpaired) electrons. The summed E-state index contributed by atoms with van der Waals surface area (Å²) in [6.07, 6.45) is 6.12. The topological polar surface area (TPSA) is 19.0 Å². The first-order valence-corrected chi connectivity index (χ1v) is 7.10. The highest BCUT2D eigenvalue weighted by Gasteiger charge is 2.16. The zero-order valence-electron chi connectivity index (χ0n) is 11.2. The fourth-order valence-electron chi connectivity index (χ4n) is 3.11. The molecular weight excluding hydrogens is 220 g/mol. The molecule has 18 heavy (non-hydrogen) atoms. The molecule has 2 heteroatoms. The molecule has 96 valence electrons. The van der Waals surface area contributed by atoms with Gasteiger partial charge in [-0.25, -0.2) is 0 Å². The van der Waals surface area contributed by atoms with Crippen molar-refractivity contribution in [2.45, 2.75) is 26.2 Å². The number of rotatable bonds is 3. The van der Waals surface area contributed by atoms with Crippen LogP contribution >= 0.6 is 0 Å². The van der Waals surface area contributed by atoms with Gasteiger partial charge in [-0.3, -0.25) is 0 Å². The van der Waals surface area contributed by atoms with E-state index in [1.54, 1.807) is 0 Å². The summed E-state index contributed by atoms with van der Waals surface area (Å²) in [5, 5.41) is 1.39. The van der Waals surface area contributed by atoms with Crippen LogP contribution in [0.5, 0.6) is 0 Å². The molecule has 1 N–H and O–H groups in total. The predicted octanol–water partition coefficient (Wildman–Crippen LogP) is 3.44. The van der Waals surface area contributed by atoms with E-state index < -0.39 is 0 Å². The fourth-order valence-corrected chi connectivity index (χ4v) is 3.11. The smallest absolute Gasteiger partial charge is 0.0456 e. The second-order valence-corrected chi connectivity index (χ2v) is 5.66. The molecule has 2 nitrogen and oxygen atoms in total. The highest BCUT2D eigenvalue weighted by molar-refractivity contribution is 5.83. The zero-order chi connectivity index (χ0) is 12.4. The lowest BCUT2D eigenvalue weighted by molar-refractivity contribution is 0.186. The number of H-pyrrole nitrogens is 1. The SMILES string of the molecule is C[C@H]1CCCN(CCc2c[nH]c3ccccc23)C1. The maximum atomic E-state index is 3.37. The lowest BCUT2D eigenvalue weighted by Gasteiger charge is -2.30. The summed E-state index contributed by atoms with van der Waals surface area (Å²) in [6, 6.07) is 8.60. The molecule has 2 heterocycles. The Morgan fingerprint density at radius 2 is 2.22 bits per heavy atom. The number of likely N-dealkylation sites (tertiary alicyclic amines) is 1. The maximum Gasteiger partial charge on any atom is 0.0456 e. The number of para-hydroxylation sites is 1. The van der Waals surface area contributed by atoms with E-state index in [4.69, 9.17) is 0 Å². The molecule has 0 amide bonds. The third-order valence-corrected chi connectivity index (χ3v) is 4.11. The van der Waals surface area contributed by atoms with Gasteiger partial charge in [0.2, 0.25) is 0 Å². The van der Waals surface area contributed by atoms with Crippen molar-refractivity contribution < 1.29 is 0 Å². The molecule has 1 saturated heterocycles. The van der Waals surface area contributed by atoms with E-state index in [9.17, 15) is 0 Å². The van der Waals surface area contributed by atoms with E-state index in [1.807, 2.05) is 0 Å². The van der Waals surface area contributed by atoms with E-state index in [2.05, 4.69) is 47.3 Å². The van der Waals surface area contributed by atoms with Crippen LogP contribution in [0.2, 0.25) is 0 Å². The number of hydrogen-bond donors (Lipinski definition) is 1. The van der Waals surface area contributed by atoms with Gasteiger partial charge in [-0.05, 0) is 43.4 Å². The molecule has 1 aliphatic heterocycles. The van der Waals surface area contributed by atoms with Gasteiger partial charge in [-0.15, -0.1) is 0 Å². The summed E-state index contributed by atoms with van der Waals surface area (Å²) in [6.45, 7) is 6.14. The molecule has 2 aromatic rings. The van der Waals surface area contributed by atoms with E-state index in [1.165, 1.54) is 48.9 Å². The van der Waals surface area contributed by atoms with E-state index >= 15 is 0 Å². The summed E-state index contributed by atoms with van der Waals surface area (Å²) in [5.41, 5.74) is 2.73. The van der Waals surface area contributed by atoms with Crippen molar-refractivity contribution in [1.29, 1.82) is 0 Å². The standard InChI is InChI=1S/C16H22N2/c1-13-5-4-9-18(12-13)10-8-14-11-17-16-7-3-2-6-15(14)16/h2-3,6-7,11,13,17H,4-5,8-10,12H2,1H3/t13-/m0/s1. The van der Waals surface area contributed by atoms with Crippen molar-refractivity contribution >= 4 is 10.9 Å². The van der Waals surface area contributed by atoms with Crippen molar-refractivity contribution in [3.63, 3.8) is 0 Å². The highest BCUT2D eigenvalue weighted by Crippen LogP contribution is 2.20. The largest absolute Gasteiger partial charge is 0.361 e. The monoisotopic (exact) mass is 242 g/mol. The minimum Gasteiger partial charge on any atom is -0.361 e. The Labute approximate surface area is 109 Å². The Morgan fingerprint density at radius 3 is 3.11 bits per heavy atom. The molecule has 1 aliphatic rings. The summed E-state index contributed by atoms with van der Waals surface area (Å²) in [7, 11) is 0. The quantitative estimate of drug-likeness (QED) is 0.873. The Bertz CT molecular complexity index is 515. The number of aromatic nitrogens is 1. The first kappa shape index (κ1) is 11.8. The number of nitrogens with one attached hydrogen (secondary N) is 1. The zero-order valence-corrected chi connectivity index (χ0v) is 11.2. The maximum absolute atomic E-state index is 3.37. The molecule has 1 atom stereocenters. The fraction of sp³-hybridized carbons (Fsp3) is 0.500. The van der Waals surface area contributed by atoms with E-state index in [0.717, 1.165) is 12.3 Å². The normalized spacial score (nSPS) is 21.5. The average Bonchev–Trinajstić information content (AvgIpc) is 2.80. The summed E-state index contributed by atoms with van der Waals surface area (Å²) < 4.78 is 0. The Balaban J connectivity index is 1.66. The van der Waals surface area contributed by atoms with Crippen molar-refractivity contribution in [3.05, 3.63) is 36.0 Å². The van der Waals surface area contributed by atoms with Crippen LogP contribution in [0, 0.1) is 5.92 Å². The molecule has 0 spiro atoms. The summed E-state index contributed by atoms with van der Waals surface area (Å²) >= 11 is 0. The van der Waals surface area contributed by atoms with Crippen LogP contribution in [-0.2, 0) is 6.42 Å². The first-order valence-electron chi connectivity index (χ1n) is 7.10. The van der Waals surface area contributed by atoms with Gasteiger partial charge in [-0.2, -0.15) is 0 Å². The molecule has 1 aromatic heterocycles. The van der Waals surface area contributed by atoms with Crippen molar-refractivity contribution in [3.8, 4) is 0 Å². The van der Waals surface area contributed by atoms with Crippen LogP contribution in [0.4, 0.5) is 0 Å². The highest BCUT2D eigenvalue weighted by atomic mass is 15.1. The van der Waals surface area contributed by atoms with Crippen molar-refractivity contribution in [2.75, 3.05) is 19.6 Å². The van der Waals surface area contributed by atoms with Gasteiger partial charge < -0.3 is 9.88 Å². The second kappa shape index (κ2) is 5.15. The van der Waals surface area contributed by atoms with E-state index in [0.29, 0.717) is 0 Å². The van der Waals surface area contributed by atoms with Gasteiger partial charge in [0.1, 0.15) is 0 Å². The second-order valence-electron chi connectivity index (χ2n) is 5.66. The minimum atomic E-state index is 0.877. The predicted molar refractivity (Wildman–Crippen MR) is 76.8 cm³/mol. The summed E-state index contributed by atoms with van der Waals surface area (Å²) in [5.74, 6) is 0.877. The number of hydrogen-bond acceptors (Lipinski definition) is 1. The summed E-state index contributed by atoms with van der Waals surface area (Å²) in [4.78, 5) is 5.99. The van der Waals surface area contributed by atoms with Crippen LogP contribution in [0.1, 0.15) is 25.3 Å². The van der Waals surface area contributed by atoms with E-state index in [-0.39, 0.29) is 0 Å². The first-order chi connectivity index (χ1) is 8.83. The number of piperidine rings is 1. The molecular formula is C16H22N2. The Kier molecular flexibility index (Phi) is 3.37. The minimum absolute atomic E-state index is 0.877. The Morgan fingerprint density at radius 1 is 1.33 bits per heavy atom. The van der Waals surface area contributed by atoms with Gasteiger partial charge in [0.05, 0.1) is 0 Å². The van der Waals surface area contributed by atoms with Crippen LogP contribution in [0.15, 0.2) is 30.5 Å². The van der Waals surface area contributed by atoms with Crippen molar-refractivity contribution in [1.82, 2.24) is 9.88 Å². The molecule has 3 rings (SSSR count). The number of aromatic amines is 1. The van der Waals surface area contributed by atoms with Gasteiger partial charge in [0, 0.05) is 30.2 Å². The van der Waals surface area contributed by atoms with Crippen LogP contribution in [-0.4, -0.2) is 29.5 Å². The number of nitrogens with zero attached hydrogens (tertiary/aromatic N) is 1. The number of fused-ring (bicyclic) bond motifs is 1. The third kappa shape index (κ3) is 2.44. The molecule has 0 bridgehead atoms. The molecule has 1 fully saturated rings. The lowest BCUT2D eigenvalue weighted by Crippen LogP contribution is -2.35. The molecule has 1 aromatic carbocycles. The van der Waals surface area contributed by atoms with Gasteiger partial charge in [0.15, 0.2) is 0 Å². The van der Waals surface area contributed by atoms with Crippen molar-refractivity contribution in [2.24, 2.45) is 5.92 Å². The molecule has 0 saturated carbocycles. The average molecular weight is 242 g/mol. The Hall–Kier alpha value is -1.28. The molecule has 0 aliphatic carbocycles. The van der Waals surface area contributed by atoms with Crippen LogP contribution in [0.25, 0.3) is 10.9 Å².